The number of aryl methyl sites for hydroxylation is 1. The van der Waals surface area contributed by atoms with Gasteiger partial charge in [-0.05, 0) is 19.1 Å². The summed E-state index contributed by atoms with van der Waals surface area (Å²) in [4.78, 5) is 14.2. The summed E-state index contributed by atoms with van der Waals surface area (Å²) in [5.74, 6) is -0.912. The van der Waals surface area contributed by atoms with Crippen LogP contribution in [-0.2, 0) is 0 Å². The Bertz CT molecular complexity index is 265. The smallest absolute Gasteiger partial charge is 0.335 e. The molecule has 1 heterocycles. The van der Waals surface area contributed by atoms with Crippen LogP contribution in [0.3, 0.4) is 0 Å². The van der Waals surface area contributed by atoms with Crippen molar-refractivity contribution in [3.8, 4) is 0 Å². The van der Waals surface area contributed by atoms with E-state index in [0.29, 0.717) is 0 Å². The number of pyridine rings is 1. The first-order valence-corrected chi connectivity index (χ1v) is 2.86. The van der Waals surface area contributed by atoms with E-state index in [1.54, 1.807) is 6.92 Å². The fourth-order valence-electron chi connectivity index (χ4n) is 0.679. The average Bonchev–Trinajstić information content (AvgIpc) is 1.88. The van der Waals surface area contributed by atoms with Crippen molar-refractivity contribution >= 4 is 30.8 Å². The minimum atomic E-state index is -0.912. The Hall–Kier alpha value is -0.800. The Balaban J connectivity index is 0. The SMILES string of the molecule is Cc1cc(C(=O)O)ccn1.Cl.Cl. The van der Waals surface area contributed by atoms with Crippen LogP contribution in [0, 0.1) is 6.92 Å². The largest absolute Gasteiger partial charge is 0.478 e. The molecule has 0 spiro atoms. The minimum Gasteiger partial charge on any atom is -0.478 e. The van der Waals surface area contributed by atoms with Gasteiger partial charge in [-0.15, -0.1) is 24.8 Å². The van der Waals surface area contributed by atoms with Crippen LogP contribution in [0.5, 0.6) is 0 Å². The zero-order chi connectivity index (χ0) is 7.56. The molecule has 1 rings (SSSR count). The van der Waals surface area contributed by atoms with Crippen LogP contribution < -0.4 is 0 Å². The summed E-state index contributed by atoms with van der Waals surface area (Å²) >= 11 is 0. The van der Waals surface area contributed by atoms with E-state index in [9.17, 15) is 4.79 Å². The molecule has 0 aliphatic carbocycles. The molecule has 0 radical (unpaired) electrons. The van der Waals surface area contributed by atoms with E-state index in [-0.39, 0.29) is 30.4 Å². The molecule has 0 aliphatic heterocycles. The van der Waals surface area contributed by atoms with Gasteiger partial charge in [-0.3, -0.25) is 4.98 Å². The van der Waals surface area contributed by atoms with Crippen LogP contribution >= 0.6 is 24.8 Å². The zero-order valence-corrected chi connectivity index (χ0v) is 7.98. The predicted octanol–water partition coefficient (Wildman–Crippen LogP) is 1.93. The lowest BCUT2D eigenvalue weighted by molar-refractivity contribution is 0.0696. The van der Waals surface area contributed by atoms with Crippen LogP contribution in [0.2, 0.25) is 0 Å². The number of aromatic nitrogens is 1. The van der Waals surface area contributed by atoms with Crippen LogP contribution in [0.25, 0.3) is 0 Å². The lowest BCUT2D eigenvalue weighted by atomic mass is 10.2. The number of aromatic carboxylic acids is 1. The van der Waals surface area contributed by atoms with Gasteiger partial charge in [-0.25, -0.2) is 4.79 Å². The van der Waals surface area contributed by atoms with Gasteiger partial charge in [-0.1, -0.05) is 0 Å². The fraction of sp³-hybridized carbons (Fsp3) is 0.143. The quantitative estimate of drug-likeness (QED) is 0.770. The van der Waals surface area contributed by atoms with Gasteiger partial charge in [-0.2, -0.15) is 0 Å². The molecular weight excluding hydrogens is 201 g/mol. The summed E-state index contributed by atoms with van der Waals surface area (Å²) < 4.78 is 0. The van der Waals surface area contributed by atoms with Gasteiger partial charge in [0, 0.05) is 11.9 Å². The third-order valence-electron chi connectivity index (χ3n) is 1.14. The summed E-state index contributed by atoms with van der Waals surface area (Å²) in [5.41, 5.74) is 1.01. The maximum atomic E-state index is 10.3. The van der Waals surface area contributed by atoms with Gasteiger partial charge in [0.2, 0.25) is 0 Å². The second kappa shape index (κ2) is 5.80. The number of carbonyl (C=O) groups is 1. The summed E-state index contributed by atoms with van der Waals surface area (Å²) in [6, 6.07) is 3.00. The number of rotatable bonds is 1. The first-order valence-electron chi connectivity index (χ1n) is 2.86. The van der Waals surface area contributed by atoms with Crippen molar-refractivity contribution in [1.29, 1.82) is 0 Å². The molecule has 0 aromatic carbocycles. The monoisotopic (exact) mass is 209 g/mol. The minimum absolute atomic E-state index is 0. The van der Waals surface area contributed by atoms with Gasteiger partial charge >= 0.3 is 5.97 Å². The highest BCUT2D eigenvalue weighted by Crippen LogP contribution is 1.99. The van der Waals surface area contributed by atoms with Crippen LogP contribution in [0.1, 0.15) is 16.1 Å². The van der Waals surface area contributed by atoms with Gasteiger partial charge < -0.3 is 5.11 Å². The molecule has 3 nitrogen and oxygen atoms in total. The highest BCUT2D eigenvalue weighted by molar-refractivity contribution is 5.87. The molecule has 0 bridgehead atoms. The van der Waals surface area contributed by atoms with Crippen LogP contribution in [-0.4, -0.2) is 16.1 Å². The molecule has 0 fully saturated rings. The molecule has 0 atom stereocenters. The first-order chi connectivity index (χ1) is 4.70. The Morgan fingerprint density at radius 2 is 2.08 bits per heavy atom. The molecule has 1 aromatic rings. The summed E-state index contributed by atoms with van der Waals surface area (Å²) in [7, 11) is 0. The van der Waals surface area contributed by atoms with Crippen molar-refractivity contribution in [3.05, 3.63) is 29.6 Å². The molecule has 0 unspecified atom stereocenters. The summed E-state index contributed by atoms with van der Waals surface area (Å²) in [6.07, 6.45) is 1.48. The van der Waals surface area contributed by atoms with E-state index in [4.69, 9.17) is 5.11 Å². The topological polar surface area (TPSA) is 50.2 Å². The molecule has 5 heteroatoms. The maximum Gasteiger partial charge on any atom is 0.335 e. The standard InChI is InChI=1S/C7H7NO2.2ClH/c1-5-4-6(7(9)10)2-3-8-5;;/h2-4H,1H3,(H,9,10);2*1H. The van der Waals surface area contributed by atoms with E-state index in [1.807, 2.05) is 0 Å². The molecule has 1 N–H and O–H groups in total. The Kier molecular flexibility index (Phi) is 6.65. The zero-order valence-electron chi connectivity index (χ0n) is 6.35. The third-order valence-corrected chi connectivity index (χ3v) is 1.14. The maximum absolute atomic E-state index is 10.3. The van der Waals surface area contributed by atoms with Crippen molar-refractivity contribution in [2.75, 3.05) is 0 Å². The van der Waals surface area contributed by atoms with E-state index < -0.39 is 5.97 Å². The van der Waals surface area contributed by atoms with Gasteiger partial charge in [0.15, 0.2) is 0 Å². The van der Waals surface area contributed by atoms with E-state index in [0.717, 1.165) is 5.69 Å². The highest BCUT2D eigenvalue weighted by atomic mass is 35.5. The molecule has 68 valence electrons. The van der Waals surface area contributed by atoms with E-state index in [1.165, 1.54) is 18.3 Å². The number of halogens is 2. The number of hydrogen-bond donors (Lipinski definition) is 1. The second-order valence-electron chi connectivity index (χ2n) is 1.99. The number of carboxylic acids is 1. The van der Waals surface area contributed by atoms with Crippen molar-refractivity contribution < 1.29 is 9.90 Å². The van der Waals surface area contributed by atoms with E-state index >= 15 is 0 Å². The average molecular weight is 210 g/mol. The molecule has 0 saturated heterocycles. The third kappa shape index (κ3) is 3.55. The molecule has 1 aromatic heterocycles. The van der Waals surface area contributed by atoms with Crippen molar-refractivity contribution in [2.45, 2.75) is 6.92 Å². The first kappa shape index (κ1) is 13.8. The Morgan fingerprint density at radius 3 is 2.42 bits per heavy atom. The predicted molar refractivity (Wildman–Crippen MR) is 50.4 cm³/mol. The molecule has 0 aliphatic rings. The molecule has 0 saturated carbocycles. The van der Waals surface area contributed by atoms with Gasteiger partial charge in [0.25, 0.3) is 0 Å². The summed E-state index contributed by atoms with van der Waals surface area (Å²) in [5, 5.41) is 8.48. The normalized spacial score (nSPS) is 7.75. The van der Waals surface area contributed by atoms with E-state index in [2.05, 4.69) is 4.98 Å². The second-order valence-corrected chi connectivity index (χ2v) is 1.99. The Morgan fingerprint density at radius 1 is 1.50 bits per heavy atom. The number of hydrogen-bond acceptors (Lipinski definition) is 2. The molecule has 12 heavy (non-hydrogen) atoms. The number of nitrogens with zero attached hydrogens (tertiary/aromatic N) is 1. The van der Waals surface area contributed by atoms with Crippen molar-refractivity contribution in [1.82, 2.24) is 4.98 Å². The highest BCUT2D eigenvalue weighted by Gasteiger charge is 2.00. The summed E-state index contributed by atoms with van der Waals surface area (Å²) in [6.45, 7) is 1.76. The van der Waals surface area contributed by atoms with Crippen LogP contribution in [0.15, 0.2) is 18.3 Å². The van der Waals surface area contributed by atoms with Crippen molar-refractivity contribution in [3.63, 3.8) is 0 Å². The van der Waals surface area contributed by atoms with Gasteiger partial charge in [0.1, 0.15) is 0 Å². The van der Waals surface area contributed by atoms with Crippen molar-refractivity contribution in [2.24, 2.45) is 0 Å². The lowest BCUT2D eigenvalue weighted by Crippen LogP contribution is -1.96. The number of carboxylic acid groups (broad SMARTS) is 1. The lowest BCUT2D eigenvalue weighted by Gasteiger charge is -1.92. The van der Waals surface area contributed by atoms with Gasteiger partial charge in [0.05, 0.1) is 5.56 Å². The molecule has 0 amide bonds. The molecular formula is C7H9Cl2NO2. The Labute approximate surface area is 82.6 Å². The van der Waals surface area contributed by atoms with Crippen LogP contribution in [0.4, 0.5) is 0 Å². The fourth-order valence-corrected chi connectivity index (χ4v) is 0.679.